The van der Waals surface area contributed by atoms with Gasteiger partial charge in [-0.2, -0.15) is 13.2 Å². The first-order valence-electron chi connectivity index (χ1n) is 13.4. The second kappa shape index (κ2) is 13.8. The van der Waals surface area contributed by atoms with Gasteiger partial charge in [-0.3, -0.25) is 19.4 Å². The van der Waals surface area contributed by atoms with Gasteiger partial charge in [-0.1, -0.05) is 36.3 Å². The number of alkyl halides is 3. The summed E-state index contributed by atoms with van der Waals surface area (Å²) in [4.78, 5) is 27.7. The van der Waals surface area contributed by atoms with Gasteiger partial charge >= 0.3 is 12.1 Å². The van der Waals surface area contributed by atoms with Gasteiger partial charge in [-0.15, -0.1) is 10.2 Å². The van der Waals surface area contributed by atoms with Crippen LogP contribution in [0.1, 0.15) is 48.5 Å². The van der Waals surface area contributed by atoms with E-state index in [0.29, 0.717) is 38.9 Å². The van der Waals surface area contributed by atoms with E-state index in [1.54, 1.807) is 0 Å². The molecule has 0 radical (unpaired) electrons. The van der Waals surface area contributed by atoms with Crippen LogP contribution in [0, 0.1) is 11.7 Å². The minimum absolute atomic E-state index is 0.00354. The number of ether oxygens (including phenoxy) is 1. The molecule has 42 heavy (non-hydrogen) atoms. The van der Waals surface area contributed by atoms with Crippen LogP contribution >= 0.6 is 22.9 Å². The second-order valence-corrected chi connectivity index (χ2v) is 11.2. The molecular weight excluding hydrogens is 600 g/mol. The Hall–Kier alpha value is -3.29. The van der Waals surface area contributed by atoms with Gasteiger partial charge in [0.2, 0.25) is 5.13 Å². The molecule has 0 aliphatic carbocycles. The zero-order chi connectivity index (χ0) is 30.4. The third-order valence-corrected chi connectivity index (χ3v) is 8.23. The SMILES string of the molecule is CCCCN(C(=O)c1ccc(F)cc1Cl)c1nnc(-c2ccc(OCCN3CCC(C(=O)O)CC3)c(C(F)(F)F)c2)s1. The number of rotatable bonds is 11. The molecule has 1 aliphatic rings. The minimum atomic E-state index is -4.71. The molecule has 2 aromatic carbocycles. The largest absolute Gasteiger partial charge is 0.492 e. The molecule has 1 saturated heterocycles. The summed E-state index contributed by atoms with van der Waals surface area (Å²) in [6.07, 6.45) is -2.37. The Labute approximate surface area is 248 Å². The van der Waals surface area contributed by atoms with Crippen LogP contribution in [0.5, 0.6) is 5.75 Å². The van der Waals surface area contributed by atoms with E-state index in [0.717, 1.165) is 36.0 Å². The molecule has 1 aromatic heterocycles. The summed E-state index contributed by atoms with van der Waals surface area (Å²) in [6.45, 7) is 3.63. The maximum Gasteiger partial charge on any atom is 0.419 e. The Morgan fingerprint density at radius 1 is 1.17 bits per heavy atom. The van der Waals surface area contributed by atoms with Crippen LogP contribution in [0.25, 0.3) is 10.6 Å². The van der Waals surface area contributed by atoms with Crippen LogP contribution < -0.4 is 9.64 Å². The first-order chi connectivity index (χ1) is 20.0. The quantitative estimate of drug-likeness (QED) is 0.238. The number of anilines is 1. The number of carboxylic acid groups (broad SMARTS) is 1. The molecule has 1 amide bonds. The molecule has 3 aromatic rings. The maximum atomic E-state index is 14.0. The second-order valence-electron chi connectivity index (χ2n) is 9.84. The number of benzene rings is 2. The first-order valence-corrected chi connectivity index (χ1v) is 14.6. The third kappa shape index (κ3) is 7.75. The molecule has 8 nitrogen and oxygen atoms in total. The number of carbonyl (C=O) groups excluding carboxylic acids is 1. The number of carbonyl (C=O) groups is 2. The van der Waals surface area contributed by atoms with Crippen LogP contribution in [0.15, 0.2) is 36.4 Å². The van der Waals surface area contributed by atoms with Crippen LogP contribution in [0.3, 0.4) is 0 Å². The summed E-state index contributed by atoms with van der Waals surface area (Å²) >= 11 is 7.05. The lowest BCUT2D eigenvalue weighted by Crippen LogP contribution is -2.38. The highest BCUT2D eigenvalue weighted by atomic mass is 35.5. The fraction of sp³-hybridized carbons (Fsp3) is 0.429. The molecule has 1 N–H and O–H groups in total. The normalized spacial score (nSPS) is 14.6. The average molecular weight is 629 g/mol. The van der Waals surface area contributed by atoms with Gasteiger partial charge in [0.1, 0.15) is 23.2 Å². The van der Waals surface area contributed by atoms with Crippen molar-refractivity contribution < 1.29 is 37.0 Å². The van der Waals surface area contributed by atoms with Crippen molar-refractivity contribution in [2.75, 3.05) is 37.7 Å². The van der Waals surface area contributed by atoms with E-state index in [1.165, 1.54) is 23.1 Å². The standard InChI is InChI=1S/C28H29ClF4N4O4S/c1-2-3-10-37(25(38)20-6-5-19(30)16-22(20)29)27-35-34-24(42-27)18-4-7-23(21(15-18)28(31,32)33)41-14-13-36-11-8-17(9-12-36)26(39)40/h4-7,15-17H,2-3,8-14H2,1H3,(H,39,40). The zero-order valence-corrected chi connectivity index (χ0v) is 24.2. The summed E-state index contributed by atoms with van der Waals surface area (Å²) in [5.74, 6) is -2.68. The van der Waals surface area contributed by atoms with Gasteiger partial charge in [0.05, 0.1) is 22.1 Å². The highest BCUT2D eigenvalue weighted by molar-refractivity contribution is 7.18. The molecule has 0 atom stereocenters. The number of likely N-dealkylation sites (tertiary alicyclic amines) is 1. The molecule has 0 bridgehead atoms. The monoisotopic (exact) mass is 628 g/mol. The Bertz CT molecular complexity index is 1410. The smallest absolute Gasteiger partial charge is 0.419 e. The van der Waals surface area contributed by atoms with E-state index in [2.05, 4.69) is 10.2 Å². The zero-order valence-electron chi connectivity index (χ0n) is 22.7. The number of aromatic nitrogens is 2. The molecule has 2 heterocycles. The van der Waals surface area contributed by atoms with E-state index in [-0.39, 0.29) is 45.2 Å². The summed E-state index contributed by atoms with van der Waals surface area (Å²) in [6, 6.07) is 7.03. The molecule has 226 valence electrons. The lowest BCUT2D eigenvalue weighted by atomic mass is 9.97. The number of carboxylic acids is 1. The number of aliphatic carboxylic acids is 1. The molecule has 14 heteroatoms. The third-order valence-electron chi connectivity index (χ3n) is 6.92. The van der Waals surface area contributed by atoms with Crippen molar-refractivity contribution in [1.29, 1.82) is 0 Å². The lowest BCUT2D eigenvalue weighted by molar-refractivity contribution is -0.143. The molecule has 1 aliphatic heterocycles. The summed E-state index contributed by atoms with van der Waals surface area (Å²) in [7, 11) is 0. The Morgan fingerprint density at radius 2 is 1.90 bits per heavy atom. The van der Waals surface area contributed by atoms with Crippen LogP contribution in [-0.4, -0.2) is 64.9 Å². The average Bonchev–Trinajstić information content (AvgIpc) is 3.43. The van der Waals surface area contributed by atoms with Crippen molar-refractivity contribution in [2.24, 2.45) is 5.92 Å². The number of piperidine rings is 1. The molecule has 0 unspecified atom stereocenters. The lowest BCUT2D eigenvalue weighted by Gasteiger charge is -2.29. The summed E-state index contributed by atoms with van der Waals surface area (Å²) in [5, 5.41) is 17.5. The fourth-order valence-electron chi connectivity index (χ4n) is 4.55. The molecule has 0 saturated carbocycles. The topological polar surface area (TPSA) is 95.9 Å². The number of amides is 1. The van der Waals surface area contributed by atoms with Crippen molar-refractivity contribution >= 4 is 39.9 Å². The predicted octanol–water partition coefficient (Wildman–Crippen LogP) is 6.64. The highest BCUT2D eigenvalue weighted by Crippen LogP contribution is 2.40. The van der Waals surface area contributed by atoms with Crippen LogP contribution in [0.2, 0.25) is 5.02 Å². The number of nitrogens with zero attached hydrogens (tertiary/aromatic N) is 4. The minimum Gasteiger partial charge on any atom is -0.492 e. The number of hydrogen-bond acceptors (Lipinski definition) is 7. The van der Waals surface area contributed by atoms with Crippen molar-refractivity contribution in [3.8, 4) is 16.3 Å². The van der Waals surface area contributed by atoms with Gasteiger partial charge in [0, 0.05) is 18.7 Å². The highest BCUT2D eigenvalue weighted by Gasteiger charge is 2.35. The number of halogens is 5. The maximum absolute atomic E-state index is 14.0. The van der Waals surface area contributed by atoms with Gasteiger partial charge in [0.25, 0.3) is 5.91 Å². The van der Waals surface area contributed by atoms with Crippen molar-refractivity contribution in [1.82, 2.24) is 15.1 Å². The van der Waals surface area contributed by atoms with E-state index in [4.69, 9.17) is 21.4 Å². The van der Waals surface area contributed by atoms with Gasteiger partial charge in [-0.05, 0) is 68.8 Å². The summed E-state index contributed by atoms with van der Waals surface area (Å²) < 4.78 is 61.1. The van der Waals surface area contributed by atoms with E-state index in [9.17, 15) is 27.2 Å². The van der Waals surface area contributed by atoms with Gasteiger partial charge < -0.3 is 9.84 Å². The van der Waals surface area contributed by atoms with Crippen molar-refractivity contribution in [3.05, 3.63) is 58.4 Å². The van der Waals surface area contributed by atoms with E-state index in [1.807, 2.05) is 11.8 Å². The first kappa shape index (κ1) is 31.6. The molecule has 1 fully saturated rings. The van der Waals surface area contributed by atoms with Crippen LogP contribution in [0.4, 0.5) is 22.7 Å². The molecular formula is C28H29ClF4N4O4S. The van der Waals surface area contributed by atoms with Gasteiger partial charge in [-0.25, -0.2) is 4.39 Å². The number of hydrogen-bond donors (Lipinski definition) is 1. The van der Waals surface area contributed by atoms with Crippen LogP contribution in [-0.2, 0) is 11.0 Å². The van der Waals surface area contributed by atoms with Crippen molar-refractivity contribution in [2.45, 2.75) is 38.8 Å². The summed E-state index contributed by atoms with van der Waals surface area (Å²) in [5.41, 5.74) is -0.756. The van der Waals surface area contributed by atoms with Crippen molar-refractivity contribution in [3.63, 3.8) is 0 Å². The fourth-order valence-corrected chi connectivity index (χ4v) is 5.66. The van der Waals surface area contributed by atoms with Gasteiger partial charge in [0.15, 0.2) is 0 Å². The van der Waals surface area contributed by atoms with E-state index >= 15 is 0 Å². The number of unbranched alkanes of at least 4 members (excludes halogenated alkanes) is 1. The Balaban J connectivity index is 1.51. The predicted molar refractivity (Wildman–Crippen MR) is 151 cm³/mol. The Kier molecular flexibility index (Phi) is 10.4. The van der Waals surface area contributed by atoms with E-state index < -0.39 is 35.4 Å². The molecule has 0 spiro atoms. The molecule has 4 rings (SSSR count). The Morgan fingerprint density at radius 3 is 2.55 bits per heavy atom.